The molecule has 0 radical (unpaired) electrons. The van der Waals surface area contributed by atoms with Crippen LogP contribution in [-0.4, -0.2) is 17.8 Å². The second-order valence-corrected chi connectivity index (χ2v) is 9.01. The number of carbonyl (C=O) groups excluding carboxylic acids is 2. The average molecular weight is 635 g/mol. The first-order valence-corrected chi connectivity index (χ1v) is 11.4. The zero-order chi connectivity index (χ0) is 22.0. The van der Waals surface area contributed by atoms with Gasteiger partial charge in [-0.25, -0.2) is 9.79 Å². The summed E-state index contributed by atoms with van der Waals surface area (Å²) < 4.78 is 12.2. The van der Waals surface area contributed by atoms with E-state index in [9.17, 15) is 9.59 Å². The minimum atomic E-state index is -0.504. The zero-order valence-electron chi connectivity index (χ0n) is 16.3. The van der Waals surface area contributed by atoms with E-state index in [0.717, 1.165) is 29.4 Å². The fraction of sp³-hybridized carbons (Fsp3) is 0.0417. The maximum absolute atomic E-state index is 12.4. The van der Waals surface area contributed by atoms with Crippen LogP contribution in [0.3, 0.4) is 0 Å². The summed E-state index contributed by atoms with van der Waals surface area (Å²) >= 11 is 4.19. The molecule has 0 N–H and O–H groups in total. The molecule has 3 aromatic carbocycles. The van der Waals surface area contributed by atoms with Crippen molar-refractivity contribution >= 4 is 69.1 Å². The van der Waals surface area contributed by atoms with Gasteiger partial charge in [-0.05, 0) is 92.2 Å². The van der Waals surface area contributed by atoms with Gasteiger partial charge in [-0.3, -0.25) is 4.79 Å². The summed E-state index contributed by atoms with van der Waals surface area (Å²) in [6, 6.07) is 21.4. The lowest BCUT2D eigenvalue weighted by molar-refractivity contribution is -0.132. The molecule has 1 aliphatic rings. The van der Waals surface area contributed by atoms with E-state index in [0.29, 0.717) is 5.75 Å². The topological polar surface area (TPSA) is 65.0 Å². The van der Waals surface area contributed by atoms with Crippen molar-refractivity contribution in [3.63, 3.8) is 0 Å². The molecule has 5 nitrogen and oxygen atoms in total. The number of hydrogen-bond acceptors (Lipinski definition) is 5. The van der Waals surface area contributed by atoms with Crippen molar-refractivity contribution in [1.29, 1.82) is 0 Å². The van der Waals surface area contributed by atoms with Gasteiger partial charge in [0, 0.05) is 12.5 Å². The van der Waals surface area contributed by atoms with Crippen LogP contribution in [0.25, 0.3) is 17.2 Å². The van der Waals surface area contributed by atoms with Crippen LogP contribution in [0.4, 0.5) is 0 Å². The highest BCUT2D eigenvalue weighted by molar-refractivity contribution is 14.1. The SMILES string of the molecule is CC(=O)Oc1c(I)cc(/C=C2\N=C(c3ccc(-c4ccccc4)cc3)OC2=O)cc1I. The van der Waals surface area contributed by atoms with E-state index < -0.39 is 5.97 Å². The number of ether oxygens (including phenoxy) is 2. The fourth-order valence-electron chi connectivity index (χ4n) is 3.03. The molecular weight excluding hydrogens is 620 g/mol. The highest BCUT2D eigenvalue weighted by Gasteiger charge is 2.24. The van der Waals surface area contributed by atoms with E-state index in [4.69, 9.17) is 9.47 Å². The third kappa shape index (κ3) is 5.04. The molecule has 0 fully saturated rings. The van der Waals surface area contributed by atoms with Gasteiger partial charge in [0.25, 0.3) is 0 Å². The second kappa shape index (κ2) is 9.31. The molecule has 0 spiro atoms. The number of carbonyl (C=O) groups is 2. The average Bonchev–Trinajstić information content (AvgIpc) is 3.11. The van der Waals surface area contributed by atoms with Crippen molar-refractivity contribution in [2.75, 3.05) is 0 Å². The molecular formula is C24H15I2NO4. The van der Waals surface area contributed by atoms with Crippen molar-refractivity contribution in [2.24, 2.45) is 4.99 Å². The number of esters is 2. The van der Waals surface area contributed by atoms with E-state index in [1.807, 2.05) is 66.7 Å². The van der Waals surface area contributed by atoms with E-state index >= 15 is 0 Å². The molecule has 0 amide bonds. The lowest BCUT2D eigenvalue weighted by Gasteiger charge is -2.08. The van der Waals surface area contributed by atoms with Gasteiger partial charge in [-0.1, -0.05) is 42.5 Å². The number of hydrogen-bond donors (Lipinski definition) is 0. The lowest BCUT2D eigenvalue weighted by Crippen LogP contribution is -2.05. The zero-order valence-corrected chi connectivity index (χ0v) is 20.6. The van der Waals surface area contributed by atoms with Gasteiger partial charge in [-0.15, -0.1) is 0 Å². The standard InChI is InChI=1S/C24H15I2NO4/c1-14(28)30-22-19(25)11-15(12-20(22)26)13-21-24(29)31-23(27-21)18-9-7-17(8-10-18)16-5-3-2-4-6-16/h2-13H,1H3/b21-13-. The summed E-state index contributed by atoms with van der Waals surface area (Å²) in [6.45, 7) is 1.36. The number of rotatable bonds is 4. The van der Waals surface area contributed by atoms with Crippen LogP contribution in [0.5, 0.6) is 5.75 Å². The Morgan fingerprint density at radius 3 is 2.13 bits per heavy atom. The van der Waals surface area contributed by atoms with Crippen molar-refractivity contribution < 1.29 is 19.1 Å². The minimum absolute atomic E-state index is 0.217. The second-order valence-electron chi connectivity index (χ2n) is 6.69. The van der Waals surface area contributed by atoms with Gasteiger partial charge >= 0.3 is 11.9 Å². The van der Waals surface area contributed by atoms with Crippen LogP contribution in [0.15, 0.2) is 77.4 Å². The van der Waals surface area contributed by atoms with Crippen LogP contribution in [0.1, 0.15) is 18.1 Å². The van der Waals surface area contributed by atoms with Gasteiger partial charge in [0.15, 0.2) is 11.4 Å². The Kier molecular flexibility index (Phi) is 6.51. The van der Waals surface area contributed by atoms with E-state index in [1.54, 1.807) is 6.08 Å². The van der Waals surface area contributed by atoms with Crippen molar-refractivity contribution in [2.45, 2.75) is 6.92 Å². The maximum atomic E-state index is 12.4. The summed E-state index contributed by atoms with van der Waals surface area (Å²) in [5.41, 5.74) is 3.89. The molecule has 0 unspecified atom stereocenters. The molecule has 31 heavy (non-hydrogen) atoms. The predicted molar refractivity (Wildman–Crippen MR) is 136 cm³/mol. The summed E-state index contributed by atoms with van der Waals surface area (Å²) in [4.78, 5) is 28.0. The van der Waals surface area contributed by atoms with E-state index in [1.165, 1.54) is 6.92 Å². The monoisotopic (exact) mass is 635 g/mol. The molecule has 1 aliphatic heterocycles. The van der Waals surface area contributed by atoms with Gasteiger partial charge in [0.05, 0.1) is 7.14 Å². The molecule has 0 aromatic heterocycles. The third-order valence-electron chi connectivity index (χ3n) is 4.43. The van der Waals surface area contributed by atoms with Crippen LogP contribution < -0.4 is 4.74 Å². The summed E-state index contributed by atoms with van der Waals surface area (Å²) in [6.07, 6.45) is 1.66. The minimum Gasteiger partial charge on any atom is -0.424 e. The summed E-state index contributed by atoms with van der Waals surface area (Å²) in [7, 11) is 0. The van der Waals surface area contributed by atoms with Gasteiger partial charge in [0.1, 0.15) is 0 Å². The quantitative estimate of drug-likeness (QED) is 0.157. The molecule has 0 saturated carbocycles. The lowest BCUT2D eigenvalue weighted by atomic mass is 10.0. The Balaban J connectivity index is 1.60. The molecule has 4 rings (SSSR count). The van der Waals surface area contributed by atoms with Gasteiger partial charge in [-0.2, -0.15) is 0 Å². The molecule has 0 saturated heterocycles. The Labute approximate surface area is 206 Å². The van der Waals surface area contributed by atoms with Gasteiger partial charge < -0.3 is 9.47 Å². The predicted octanol–water partition coefficient (Wildman–Crippen LogP) is 5.83. The fourth-order valence-corrected chi connectivity index (χ4v) is 5.07. The molecule has 3 aromatic rings. The maximum Gasteiger partial charge on any atom is 0.363 e. The highest BCUT2D eigenvalue weighted by atomic mass is 127. The van der Waals surface area contributed by atoms with Crippen molar-refractivity contribution in [3.8, 4) is 16.9 Å². The van der Waals surface area contributed by atoms with E-state index in [2.05, 4.69) is 50.2 Å². The molecule has 7 heteroatoms. The molecule has 0 aliphatic carbocycles. The van der Waals surface area contributed by atoms with Crippen LogP contribution in [0, 0.1) is 7.14 Å². The number of benzene rings is 3. The Morgan fingerprint density at radius 1 is 0.935 bits per heavy atom. The third-order valence-corrected chi connectivity index (χ3v) is 6.03. The first-order chi connectivity index (χ1) is 14.9. The largest absolute Gasteiger partial charge is 0.424 e. The molecule has 0 atom stereocenters. The number of nitrogens with zero attached hydrogens (tertiary/aromatic N) is 1. The van der Waals surface area contributed by atoms with Crippen molar-refractivity contribution in [3.05, 3.63) is 90.7 Å². The number of cyclic esters (lactones) is 1. The first-order valence-electron chi connectivity index (χ1n) is 9.26. The number of halogens is 2. The van der Waals surface area contributed by atoms with E-state index in [-0.39, 0.29) is 17.6 Å². The summed E-state index contributed by atoms with van der Waals surface area (Å²) in [5, 5.41) is 0. The number of aliphatic imine (C=N–C) groups is 1. The summed E-state index contributed by atoms with van der Waals surface area (Å²) in [5.74, 6) is -0.102. The van der Waals surface area contributed by atoms with Crippen molar-refractivity contribution in [1.82, 2.24) is 0 Å². The molecule has 1 heterocycles. The first kappa shape index (κ1) is 21.7. The van der Waals surface area contributed by atoms with Crippen LogP contribution in [-0.2, 0) is 14.3 Å². The molecule has 0 bridgehead atoms. The highest BCUT2D eigenvalue weighted by Crippen LogP contribution is 2.31. The van der Waals surface area contributed by atoms with Crippen LogP contribution in [0.2, 0.25) is 0 Å². The Bertz CT molecular complexity index is 1210. The van der Waals surface area contributed by atoms with Crippen LogP contribution >= 0.6 is 45.2 Å². The Morgan fingerprint density at radius 2 is 1.52 bits per heavy atom. The smallest absolute Gasteiger partial charge is 0.363 e. The Hall–Kier alpha value is -2.53. The molecule has 154 valence electrons. The van der Waals surface area contributed by atoms with Gasteiger partial charge in [0.2, 0.25) is 5.90 Å². The normalized spacial score (nSPS) is 14.4.